The Morgan fingerprint density at radius 2 is 1.27 bits per heavy atom. The van der Waals surface area contributed by atoms with E-state index in [9.17, 15) is 14.7 Å². The number of carboxylic acid groups (broad SMARTS) is 1. The lowest BCUT2D eigenvalue weighted by molar-refractivity contribution is 0.0695. The Hall–Kier alpha value is -3.89. The summed E-state index contributed by atoms with van der Waals surface area (Å²) in [5.74, 6) is -1.05. The summed E-state index contributed by atoms with van der Waals surface area (Å²) >= 11 is 6.00. The minimum Gasteiger partial charge on any atom is -0.478 e. The molecule has 4 nitrogen and oxygen atoms in total. The van der Waals surface area contributed by atoms with E-state index in [0.717, 1.165) is 22.3 Å². The maximum Gasteiger partial charge on any atom is 0.335 e. The Balaban J connectivity index is 1.64. The number of hydrogen-bond donors (Lipinski definition) is 1. The number of carbonyl (C=O) groups excluding carboxylic acids is 1. The van der Waals surface area contributed by atoms with Crippen molar-refractivity contribution >= 4 is 23.5 Å². The van der Waals surface area contributed by atoms with E-state index in [4.69, 9.17) is 11.6 Å². The van der Waals surface area contributed by atoms with Crippen molar-refractivity contribution < 1.29 is 14.7 Å². The van der Waals surface area contributed by atoms with Gasteiger partial charge in [-0.2, -0.15) is 0 Å². The molecule has 0 saturated carbocycles. The summed E-state index contributed by atoms with van der Waals surface area (Å²) in [6, 6.07) is 31.4. The molecule has 0 atom stereocenters. The van der Waals surface area contributed by atoms with Crippen molar-refractivity contribution in [1.82, 2.24) is 4.90 Å². The molecule has 33 heavy (non-hydrogen) atoms. The maximum atomic E-state index is 13.4. The van der Waals surface area contributed by atoms with E-state index in [-0.39, 0.29) is 11.5 Å². The zero-order chi connectivity index (χ0) is 23.2. The Bertz CT molecular complexity index is 1270. The SMILES string of the molecule is O=C(O)c1cccc(-c2cccc(CN(Cc3ccccc3)C(=O)c3ccc(Cl)cc3)c2)c1. The highest BCUT2D eigenvalue weighted by Gasteiger charge is 2.17. The van der Waals surface area contributed by atoms with Gasteiger partial charge in [0.25, 0.3) is 5.91 Å². The number of hydrogen-bond acceptors (Lipinski definition) is 2. The van der Waals surface area contributed by atoms with Crippen molar-refractivity contribution in [3.63, 3.8) is 0 Å². The van der Waals surface area contributed by atoms with Crippen molar-refractivity contribution in [2.24, 2.45) is 0 Å². The molecule has 1 N–H and O–H groups in total. The lowest BCUT2D eigenvalue weighted by Gasteiger charge is -2.23. The number of halogens is 1. The normalized spacial score (nSPS) is 10.6. The van der Waals surface area contributed by atoms with Gasteiger partial charge in [0, 0.05) is 23.7 Å². The molecule has 0 aliphatic rings. The van der Waals surface area contributed by atoms with E-state index in [0.29, 0.717) is 23.7 Å². The number of carbonyl (C=O) groups is 2. The van der Waals surface area contributed by atoms with Gasteiger partial charge < -0.3 is 10.0 Å². The number of amides is 1. The van der Waals surface area contributed by atoms with Crippen LogP contribution in [-0.2, 0) is 13.1 Å². The number of aromatic carboxylic acids is 1. The lowest BCUT2D eigenvalue weighted by Crippen LogP contribution is -2.30. The summed E-state index contributed by atoms with van der Waals surface area (Å²) in [6.07, 6.45) is 0. The van der Waals surface area contributed by atoms with Crippen molar-refractivity contribution in [2.45, 2.75) is 13.1 Å². The molecule has 0 fully saturated rings. The van der Waals surface area contributed by atoms with Crippen LogP contribution in [0.2, 0.25) is 5.02 Å². The Kier molecular flexibility index (Phi) is 6.86. The van der Waals surface area contributed by atoms with Gasteiger partial charge in [0.1, 0.15) is 0 Å². The molecule has 0 radical (unpaired) electrons. The molecule has 0 unspecified atom stereocenters. The van der Waals surface area contributed by atoms with Gasteiger partial charge >= 0.3 is 5.97 Å². The molecule has 0 aliphatic heterocycles. The second-order valence-electron chi connectivity index (χ2n) is 7.74. The first kappa shape index (κ1) is 22.3. The largest absolute Gasteiger partial charge is 0.478 e. The third kappa shape index (κ3) is 5.68. The predicted molar refractivity (Wildman–Crippen MR) is 130 cm³/mol. The fraction of sp³-hybridized carbons (Fsp3) is 0.0714. The number of carboxylic acids is 1. The Morgan fingerprint density at radius 3 is 1.97 bits per heavy atom. The van der Waals surface area contributed by atoms with Gasteiger partial charge in [0.2, 0.25) is 0 Å². The highest BCUT2D eigenvalue weighted by Crippen LogP contribution is 2.23. The van der Waals surface area contributed by atoms with Crippen LogP contribution >= 0.6 is 11.6 Å². The Morgan fingerprint density at radius 1 is 0.667 bits per heavy atom. The molecule has 164 valence electrons. The maximum absolute atomic E-state index is 13.4. The molecule has 0 aromatic heterocycles. The van der Waals surface area contributed by atoms with E-state index in [2.05, 4.69) is 0 Å². The highest BCUT2D eigenvalue weighted by molar-refractivity contribution is 6.30. The summed E-state index contributed by atoms with van der Waals surface area (Å²) in [5, 5.41) is 9.88. The van der Waals surface area contributed by atoms with Crippen LogP contribution in [0.5, 0.6) is 0 Å². The van der Waals surface area contributed by atoms with Crippen LogP contribution in [-0.4, -0.2) is 21.9 Å². The molecular weight excluding hydrogens is 434 g/mol. The van der Waals surface area contributed by atoms with Gasteiger partial charge in [0.05, 0.1) is 5.56 Å². The van der Waals surface area contributed by atoms with Crippen molar-refractivity contribution in [2.75, 3.05) is 0 Å². The lowest BCUT2D eigenvalue weighted by atomic mass is 10.0. The van der Waals surface area contributed by atoms with Crippen LogP contribution in [0.3, 0.4) is 0 Å². The van der Waals surface area contributed by atoms with Gasteiger partial charge in [-0.1, -0.05) is 72.3 Å². The summed E-state index contributed by atoms with van der Waals surface area (Å²) in [4.78, 5) is 26.5. The van der Waals surface area contributed by atoms with E-state index in [1.54, 1.807) is 47.4 Å². The number of nitrogens with zero attached hydrogens (tertiary/aromatic N) is 1. The van der Waals surface area contributed by atoms with Gasteiger partial charge in [-0.3, -0.25) is 4.79 Å². The highest BCUT2D eigenvalue weighted by atomic mass is 35.5. The van der Waals surface area contributed by atoms with Gasteiger partial charge in [-0.15, -0.1) is 0 Å². The van der Waals surface area contributed by atoms with Crippen molar-refractivity contribution in [3.8, 4) is 11.1 Å². The van der Waals surface area contributed by atoms with E-state index in [1.807, 2.05) is 60.7 Å². The van der Waals surface area contributed by atoms with Gasteiger partial charge in [0.15, 0.2) is 0 Å². The van der Waals surface area contributed by atoms with Crippen LogP contribution in [0.1, 0.15) is 31.8 Å². The van der Waals surface area contributed by atoms with Crippen LogP contribution < -0.4 is 0 Å². The Labute approximate surface area is 197 Å². The fourth-order valence-electron chi connectivity index (χ4n) is 3.68. The minimum atomic E-state index is -0.962. The fourth-order valence-corrected chi connectivity index (χ4v) is 3.81. The third-order valence-corrected chi connectivity index (χ3v) is 5.59. The summed E-state index contributed by atoms with van der Waals surface area (Å²) in [5.41, 5.74) is 4.50. The minimum absolute atomic E-state index is 0.0891. The van der Waals surface area contributed by atoms with Gasteiger partial charge in [-0.25, -0.2) is 4.79 Å². The molecule has 0 bridgehead atoms. The summed E-state index contributed by atoms with van der Waals surface area (Å²) in [7, 11) is 0. The molecular formula is C28H22ClNO3. The summed E-state index contributed by atoms with van der Waals surface area (Å²) < 4.78 is 0. The molecule has 0 heterocycles. The topological polar surface area (TPSA) is 57.6 Å². The number of benzene rings is 4. The monoisotopic (exact) mass is 455 g/mol. The summed E-state index contributed by atoms with van der Waals surface area (Å²) in [6.45, 7) is 0.865. The van der Waals surface area contributed by atoms with Crippen LogP contribution in [0, 0.1) is 0 Å². The standard InChI is InChI=1S/C28H22ClNO3/c29-26-14-12-22(13-15-26)27(31)30(18-20-6-2-1-3-7-20)19-21-8-4-9-23(16-21)24-10-5-11-25(17-24)28(32)33/h1-17H,18-19H2,(H,32,33). The predicted octanol–water partition coefficient (Wildman–Crippen LogP) is 6.55. The second kappa shape index (κ2) is 10.2. The van der Waals surface area contributed by atoms with Gasteiger partial charge in [-0.05, 0) is 64.7 Å². The average Bonchev–Trinajstić information content (AvgIpc) is 2.84. The van der Waals surface area contributed by atoms with Crippen LogP contribution in [0.25, 0.3) is 11.1 Å². The molecule has 1 amide bonds. The molecule has 4 aromatic rings. The molecule has 0 aliphatic carbocycles. The number of rotatable bonds is 7. The van der Waals surface area contributed by atoms with E-state index >= 15 is 0 Å². The third-order valence-electron chi connectivity index (χ3n) is 5.34. The van der Waals surface area contributed by atoms with Crippen LogP contribution in [0.15, 0.2) is 103 Å². The van der Waals surface area contributed by atoms with Crippen molar-refractivity contribution in [1.29, 1.82) is 0 Å². The first-order valence-corrected chi connectivity index (χ1v) is 10.9. The molecule has 0 spiro atoms. The zero-order valence-electron chi connectivity index (χ0n) is 17.8. The van der Waals surface area contributed by atoms with E-state index in [1.165, 1.54) is 0 Å². The first-order valence-electron chi connectivity index (χ1n) is 10.5. The molecule has 5 heteroatoms. The molecule has 4 rings (SSSR count). The van der Waals surface area contributed by atoms with Crippen molar-refractivity contribution in [3.05, 3.63) is 130 Å². The second-order valence-corrected chi connectivity index (χ2v) is 8.18. The molecule has 4 aromatic carbocycles. The quantitative estimate of drug-likeness (QED) is 0.344. The van der Waals surface area contributed by atoms with Crippen LogP contribution in [0.4, 0.5) is 0 Å². The average molecular weight is 456 g/mol. The smallest absolute Gasteiger partial charge is 0.335 e. The molecule has 0 saturated heterocycles. The first-order chi connectivity index (χ1) is 16.0. The van der Waals surface area contributed by atoms with E-state index < -0.39 is 5.97 Å². The zero-order valence-corrected chi connectivity index (χ0v) is 18.6.